The van der Waals surface area contributed by atoms with Crippen LogP contribution in [0.1, 0.15) is 10.4 Å². The van der Waals surface area contributed by atoms with Crippen LogP contribution in [0, 0.1) is 11.6 Å². The fourth-order valence-electron chi connectivity index (χ4n) is 2.54. The number of benzene rings is 3. The lowest BCUT2D eigenvalue weighted by molar-refractivity contribution is 0.102. The van der Waals surface area contributed by atoms with Crippen LogP contribution in [-0.4, -0.2) is 21.4 Å². The number of halogens is 3. The van der Waals surface area contributed by atoms with E-state index in [0.717, 1.165) is 24.3 Å². The van der Waals surface area contributed by atoms with Gasteiger partial charge < -0.3 is 10.1 Å². The van der Waals surface area contributed by atoms with Crippen LogP contribution >= 0.6 is 11.6 Å². The maximum atomic E-state index is 13.8. The molecule has 3 rings (SSSR count). The van der Waals surface area contributed by atoms with Crippen molar-refractivity contribution in [3.63, 3.8) is 0 Å². The number of rotatable bonds is 6. The highest BCUT2D eigenvalue weighted by atomic mass is 35.5. The average Bonchev–Trinajstić information content (AvgIpc) is 2.71. The maximum absolute atomic E-state index is 13.8. The Morgan fingerprint density at radius 3 is 2.23 bits per heavy atom. The van der Waals surface area contributed by atoms with Gasteiger partial charge in [0.2, 0.25) is 0 Å². The van der Waals surface area contributed by atoms with Gasteiger partial charge in [0.25, 0.3) is 15.9 Å². The van der Waals surface area contributed by atoms with E-state index in [2.05, 4.69) is 5.32 Å². The number of anilines is 2. The van der Waals surface area contributed by atoms with Crippen molar-refractivity contribution in [3.8, 4) is 5.75 Å². The Bertz CT molecular complexity index is 1180. The van der Waals surface area contributed by atoms with E-state index in [1.165, 1.54) is 43.5 Å². The predicted molar refractivity (Wildman–Crippen MR) is 110 cm³/mol. The van der Waals surface area contributed by atoms with Crippen LogP contribution in [0.25, 0.3) is 0 Å². The first-order valence-electron chi connectivity index (χ1n) is 8.43. The highest BCUT2D eigenvalue weighted by Gasteiger charge is 2.21. The molecule has 3 aromatic carbocycles. The Morgan fingerprint density at radius 2 is 1.63 bits per heavy atom. The molecule has 0 spiro atoms. The zero-order chi connectivity index (χ0) is 21.9. The number of hydrogen-bond acceptors (Lipinski definition) is 4. The molecule has 0 atom stereocenters. The Morgan fingerprint density at radius 1 is 1.00 bits per heavy atom. The van der Waals surface area contributed by atoms with Gasteiger partial charge in [0.15, 0.2) is 0 Å². The summed E-state index contributed by atoms with van der Waals surface area (Å²) in [7, 11) is -3.02. The van der Waals surface area contributed by atoms with E-state index in [0.29, 0.717) is 5.02 Å². The van der Waals surface area contributed by atoms with Gasteiger partial charge in [0, 0.05) is 10.6 Å². The molecule has 0 aliphatic heterocycles. The summed E-state index contributed by atoms with van der Waals surface area (Å²) >= 11 is 5.81. The van der Waals surface area contributed by atoms with Crippen molar-refractivity contribution in [2.75, 3.05) is 17.1 Å². The van der Waals surface area contributed by atoms with Gasteiger partial charge >= 0.3 is 0 Å². The third-order valence-electron chi connectivity index (χ3n) is 4.04. The summed E-state index contributed by atoms with van der Waals surface area (Å²) in [6.45, 7) is 0. The van der Waals surface area contributed by atoms with E-state index in [4.69, 9.17) is 16.3 Å². The summed E-state index contributed by atoms with van der Waals surface area (Å²) in [5, 5.41) is 3.00. The molecule has 0 saturated carbocycles. The molecular weight excluding hydrogens is 438 g/mol. The Hall–Kier alpha value is -3.17. The monoisotopic (exact) mass is 452 g/mol. The summed E-state index contributed by atoms with van der Waals surface area (Å²) in [6, 6.07) is 12.6. The fraction of sp³-hybridized carbons (Fsp3) is 0.0500. The summed E-state index contributed by atoms with van der Waals surface area (Å²) in [5.41, 5.74) is -0.476. The molecule has 0 saturated heterocycles. The van der Waals surface area contributed by atoms with Gasteiger partial charge in [-0.05, 0) is 54.6 Å². The molecule has 0 aliphatic carbocycles. The lowest BCUT2D eigenvalue weighted by Crippen LogP contribution is -2.17. The second-order valence-electron chi connectivity index (χ2n) is 6.03. The fourth-order valence-corrected chi connectivity index (χ4v) is 3.76. The molecule has 2 N–H and O–H groups in total. The second-order valence-corrected chi connectivity index (χ2v) is 8.14. The van der Waals surface area contributed by atoms with Gasteiger partial charge in [0.05, 0.1) is 17.7 Å². The lowest BCUT2D eigenvalue weighted by atomic mass is 10.2. The lowest BCUT2D eigenvalue weighted by Gasteiger charge is -2.14. The number of para-hydroxylation sites is 1. The van der Waals surface area contributed by atoms with Crippen molar-refractivity contribution in [1.29, 1.82) is 0 Å². The van der Waals surface area contributed by atoms with Crippen LogP contribution in [0.5, 0.6) is 5.75 Å². The molecule has 0 aromatic heterocycles. The minimum absolute atomic E-state index is 0.0503. The van der Waals surface area contributed by atoms with Crippen LogP contribution in [-0.2, 0) is 10.0 Å². The van der Waals surface area contributed by atoms with E-state index in [1.54, 1.807) is 0 Å². The first kappa shape index (κ1) is 21.5. The number of ether oxygens (including phenoxy) is 1. The number of methoxy groups -OCH3 is 1. The van der Waals surface area contributed by atoms with Crippen LogP contribution in [0.4, 0.5) is 20.2 Å². The molecule has 1 amide bonds. The van der Waals surface area contributed by atoms with E-state index in [1.807, 2.05) is 4.72 Å². The largest absolute Gasteiger partial charge is 0.495 e. The molecule has 0 aliphatic rings. The third-order valence-corrected chi connectivity index (χ3v) is 5.63. The van der Waals surface area contributed by atoms with E-state index < -0.39 is 33.3 Å². The molecule has 0 radical (unpaired) electrons. The molecule has 6 nitrogen and oxygen atoms in total. The summed E-state index contributed by atoms with van der Waals surface area (Å²) < 4.78 is 60.0. The molecule has 0 fully saturated rings. The van der Waals surface area contributed by atoms with Gasteiger partial charge in [-0.3, -0.25) is 9.52 Å². The quantitative estimate of drug-likeness (QED) is 0.568. The minimum Gasteiger partial charge on any atom is -0.495 e. The first-order valence-corrected chi connectivity index (χ1v) is 10.3. The first-order chi connectivity index (χ1) is 14.2. The van der Waals surface area contributed by atoms with Crippen molar-refractivity contribution in [2.45, 2.75) is 4.90 Å². The molecule has 156 valence electrons. The Balaban J connectivity index is 1.93. The van der Waals surface area contributed by atoms with Gasteiger partial charge in [-0.25, -0.2) is 17.2 Å². The number of nitrogens with one attached hydrogen (secondary N) is 2. The van der Waals surface area contributed by atoms with Crippen LogP contribution < -0.4 is 14.8 Å². The number of carbonyl (C=O) groups excluding carboxylic acids is 1. The van der Waals surface area contributed by atoms with E-state index >= 15 is 0 Å². The Labute approximate surface area is 176 Å². The second kappa shape index (κ2) is 8.68. The van der Waals surface area contributed by atoms with Gasteiger partial charge in [-0.2, -0.15) is 0 Å². The summed E-state index contributed by atoms with van der Waals surface area (Å²) in [5.74, 6) is -2.48. The molecule has 0 heterocycles. The van der Waals surface area contributed by atoms with Crippen LogP contribution in [0.15, 0.2) is 65.6 Å². The summed E-state index contributed by atoms with van der Waals surface area (Å²) in [6.07, 6.45) is 0. The SMILES string of the molecule is COc1ccc(S(=O)(=O)Nc2c(F)cccc2F)cc1NC(=O)c1ccc(Cl)cc1. The van der Waals surface area contributed by atoms with Gasteiger partial charge in [-0.1, -0.05) is 17.7 Å². The van der Waals surface area contributed by atoms with E-state index in [9.17, 15) is 22.0 Å². The van der Waals surface area contributed by atoms with Crippen molar-refractivity contribution in [1.82, 2.24) is 0 Å². The zero-order valence-corrected chi connectivity index (χ0v) is 17.0. The van der Waals surface area contributed by atoms with Crippen molar-refractivity contribution in [2.24, 2.45) is 0 Å². The average molecular weight is 453 g/mol. The topological polar surface area (TPSA) is 84.5 Å². The number of carbonyl (C=O) groups is 1. The molecule has 0 bridgehead atoms. The molecular formula is C20H15ClF2N2O4S. The zero-order valence-electron chi connectivity index (χ0n) is 15.4. The van der Waals surface area contributed by atoms with Gasteiger partial charge in [-0.15, -0.1) is 0 Å². The minimum atomic E-state index is -4.37. The highest BCUT2D eigenvalue weighted by molar-refractivity contribution is 7.92. The van der Waals surface area contributed by atoms with Crippen molar-refractivity contribution in [3.05, 3.63) is 82.9 Å². The van der Waals surface area contributed by atoms with E-state index in [-0.39, 0.29) is 21.9 Å². The number of amides is 1. The molecule has 10 heteroatoms. The predicted octanol–water partition coefficient (Wildman–Crippen LogP) is 4.68. The van der Waals surface area contributed by atoms with Crippen molar-refractivity contribution >= 4 is 38.9 Å². The smallest absolute Gasteiger partial charge is 0.262 e. The highest BCUT2D eigenvalue weighted by Crippen LogP contribution is 2.30. The molecule has 3 aromatic rings. The van der Waals surface area contributed by atoms with Crippen LogP contribution in [0.2, 0.25) is 5.02 Å². The van der Waals surface area contributed by atoms with Crippen LogP contribution in [0.3, 0.4) is 0 Å². The molecule has 0 unspecified atom stereocenters. The standard InChI is InChI=1S/C20H15ClF2N2O4S/c1-29-18-10-9-14(30(27,28)25-19-15(22)3-2-4-16(19)23)11-17(18)24-20(26)12-5-7-13(21)8-6-12/h2-11,25H,1H3,(H,24,26). The summed E-state index contributed by atoms with van der Waals surface area (Å²) in [4.78, 5) is 12.1. The Kier molecular flexibility index (Phi) is 6.23. The number of sulfonamides is 1. The van der Waals surface area contributed by atoms with Crippen molar-refractivity contribution < 1.29 is 26.7 Å². The van der Waals surface area contributed by atoms with Gasteiger partial charge in [0.1, 0.15) is 23.1 Å². The maximum Gasteiger partial charge on any atom is 0.262 e. The third kappa shape index (κ3) is 4.69. The number of hydrogen-bond donors (Lipinski definition) is 2. The molecule has 30 heavy (non-hydrogen) atoms. The normalized spacial score (nSPS) is 11.1.